The summed E-state index contributed by atoms with van der Waals surface area (Å²) in [5, 5.41) is 20.3. The minimum absolute atomic E-state index is 0.0803. The predicted molar refractivity (Wildman–Crippen MR) is 64.4 cm³/mol. The van der Waals surface area contributed by atoms with Gasteiger partial charge in [-0.1, -0.05) is 18.7 Å². The molecule has 0 aliphatic carbocycles. The first-order valence-corrected chi connectivity index (χ1v) is 5.87. The summed E-state index contributed by atoms with van der Waals surface area (Å²) >= 11 is 1.15. The summed E-state index contributed by atoms with van der Waals surface area (Å²) < 4.78 is 4.92. The Hall–Kier alpha value is -1.34. The molecule has 17 heavy (non-hydrogen) atoms. The van der Waals surface area contributed by atoms with E-state index in [0.29, 0.717) is 5.88 Å². The standard InChI is InChI=1S/C10H14N2O4S/c1-6(13)7(2)17-10-8(12(14)15)4-5-9(11-10)16-3/h4-7,13H,1-3H3. The average molecular weight is 258 g/mol. The largest absolute Gasteiger partial charge is 0.481 e. The van der Waals surface area contributed by atoms with Crippen molar-refractivity contribution in [3.63, 3.8) is 0 Å². The van der Waals surface area contributed by atoms with E-state index >= 15 is 0 Å². The van der Waals surface area contributed by atoms with E-state index in [4.69, 9.17) is 4.74 Å². The number of aromatic nitrogens is 1. The fourth-order valence-electron chi connectivity index (χ4n) is 1.03. The Morgan fingerprint density at radius 3 is 2.65 bits per heavy atom. The summed E-state index contributed by atoms with van der Waals surface area (Å²) in [5.41, 5.74) is -0.0803. The van der Waals surface area contributed by atoms with E-state index in [-0.39, 0.29) is 16.0 Å². The number of ether oxygens (including phenoxy) is 1. The van der Waals surface area contributed by atoms with Crippen molar-refractivity contribution in [2.45, 2.75) is 30.2 Å². The maximum atomic E-state index is 10.8. The lowest BCUT2D eigenvalue weighted by atomic mass is 10.3. The van der Waals surface area contributed by atoms with Gasteiger partial charge in [0.05, 0.1) is 18.1 Å². The molecular formula is C10H14N2O4S. The number of aliphatic hydroxyl groups excluding tert-OH is 1. The number of pyridine rings is 1. The van der Waals surface area contributed by atoms with E-state index < -0.39 is 11.0 Å². The van der Waals surface area contributed by atoms with Gasteiger partial charge >= 0.3 is 5.69 Å². The van der Waals surface area contributed by atoms with Gasteiger partial charge in [0.2, 0.25) is 5.88 Å². The van der Waals surface area contributed by atoms with Gasteiger partial charge in [0, 0.05) is 17.4 Å². The van der Waals surface area contributed by atoms with Gasteiger partial charge < -0.3 is 9.84 Å². The first kappa shape index (κ1) is 13.7. The number of hydrogen-bond donors (Lipinski definition) is 1. The Balaban J connectivity index is 3.05. The third-order valence-electron chi connectivity index (χ3n) is 2.20. The van der Waals surface area contributed by atoms with Gasteiger partial charge in [-0.3, -0.25) is 10.1 Å². The second-order valence-electron chi connectivity index (χ2n) is 3.50. The molecule has 2 atom stereocenters. The van der Waals surface area contributed by atoms with Gasteiger partial charge in [-0.2, -0.15) is 4.98 Å². The summed E-state index contributed by atoms with van der Waals surface area (Å²) in [4.78, 5) is 14.3. The molecule has 0 saturated carbocycles. The Morgan fingerprint density at radius 1 is 1.53 bits per heavy atom. The summed E-state index contributed by atoms with van der Waals surface area (Å²) in [6.07, 6.45) is -0.576. The highest BCUT2D eigenvalue weighted by Crippen LogP contribution is 2.32. The second-order valence-corrected chi connectivity index (χ2v) is 4.86. The highest BCUT2D eigenvalue weighted by Gasteiger charge is 2.21. The molecule has 1 aromatic rings. The van der Waals surface area contributed by atoms with Crippen molar-refractivity contribution in [1.29, 1.82) is 0 Å². The minimum Gasteiger partial charge on any atom is -0.481 e. The number of aliphatic hydroxyl groups is 1. The summed E-state index contributed by atoms with van der Waals surface area (Å²) in [5.74, 6) is 0.316. The number of methoxy groups -OCH3 is 1. The van der Waals surface area contributed by atoms with Crippen molar-refractivity contribution in [1.82, 2.24) is 4.98 Å². The van der Waals surface area contributed by atoms with E-state index in [1.165, 1.54) is 19.2 Å². The van der Waals surface area contributed by atoms with Crippen LogP contribution >= 0.6 is 11.8 Å². The van der Waals surface area contributed by atoms with Crippen LogP contribution in [-0.4, -0.2) is 33.5 Å². The molecule has 0 aromatic carbocycles. The van der Waals surface area contributed by atoms with E-state index in [0.717, 1.165) is 11.8 Å². The van der Waals surface area contributed by atoms with E-state index in [9.17, 15) is 15.2 Å². The van der Waals surface area contributed by atoms with Crippen molar-refractivity contribution in [3.05, 3.63) is 22.2 Å². The molecule has 1 aromatic heterocycles. The fraction of sp³-hybridized carbons (Fsp3) is 0.500. The van der Waals surface area contributed by atoms with Crippen LogP contribution in [0.15, 0.2) is 17.2 Å². The van der Waals surface area contributed by atoms with Gasteiger partial charge in [-0.05, 0) is 6.92 Å². The number of hydrogen-bond acceptors (Lipinski definition) is 6. The zero-order chi connectivity index (χ0) is 13.0. The van der Waals surface area contributed by atoms with Gasteiger partial charge in [-0.15, -0.1) is 0 Å². The lowest BCUT2D eigenvalue weighted by molar-refractivity contribution is -0.388. The quantitative estimate of drug-likeness (QED) is 0.493. The van der Waals surface area contributed by atoms with Gasteiger partial charge in [0.25, 0.3) is 0 Å². The molecule has 6 nitrogen and oxygen atoms in total. The van der Waals surface area contributed by atoms with Crippen molar-refractivity contribution < 1.29 is 14.8 Å². The third-order valence-corrected chi connectivity index (χ3v) is 3.49. The number of rotatable bonds is 5. The molecule has 1 heterocycles. The smallest absolute Gasteiger partial charge is 0.301 e. The molecule has 0 saturated heterocycles. The zero-order valence-corrected chi connectivity index (χ0v) is 10.6. The first-order valence-electron chi connectivity index (χ1n) is 5.00. The van der Waals surface area contributed by atoms with Crippen molar-refractivity contribution in [2.24, 2.45) is 0 Å². The topological polar surface area (TPSA) is 85.5 Å². The monoisotopic (exact) mass is 258 g/mol. The van der Waals surface area contributed by atoms with E-state index in [1.54, 1.807) is 13.8 Å². The van der Waals surface area contributed by atoms with Crippen molar-refractivity contribution in [2.75, 3.05) is 7.11 Å². The number of thioether (sulfide) groups is 1. The molecule has 1 rings (SSSR count). The highest BCUT2D eigenvalue weighted by atomic mass is 32.2. The molecule has 1 N–H and O–H groups in total. The Labute approximate surface area is 103 Å². The van der Waals surface area contributed by atoms with Crippen molar-refractivity contribution >= 4 is 17.4 Å². The minimum atomic E-state index is -0.576. The summed E-state index contributed by atoms with van der Waals surface area (Å²) in [7, 11) is 1.45. The summed E-state index contributed by atoms with van der Waals surface area (Å²) in [6, 6.07) is 2.79. The highest BCUT2D eigenvalue weighted by molar-refractivity contribution is 8.00. The maximum absolute atomic E-state index is 10.8. The molecule has 0 radical (unpaired) electrons. The van der Waals surface area contributed by atoms with Crippen LogP contribution in [0.25, 0.3) is 0 Å². The van der Waals surface area contributed by atoms with Gasteiger partial charge in [0.1, 0.15) is 0 Å². The number of nitro groups is 1. The predicted octanol–water partition coefficient (Wildman–Crippen LogP) is 1.86. The molecule has 2 unspecified atom stereocenters. The van der Waals surface area contributed by atoms with Crippen LogP contribution in [-0.2, 0) is 0 Å². The molecule has 0 bridgehead atoms. The number of nitrogens with zero attached hydrogens (tertiary/aromatic N) is 2. The lowest BCUT2D eigenvalue weighted by Gasteiger charge is -2.13. The van der Waals surface area contributed by atoms with Crippen LogP contribution in [0, 0.1) is 10.1 Å². The molecule has 0 spiro atoms. The Morgan fingerprint density at radius 2 is 2.18 bits per heavy atom. The van der Waals surface area contributed by atoms with Crippen LogP contribution < -0.4 is 4.74 Å². The van der Waals surface area contributed by atoms with Gasteiger partial charge in [0.15, 0.2) is 5.03 Å². The molecule has 94 valence electrons. The van der Waals surface area contributed by atoms with E-state index in [2.05, 4.69) is 4.98 Å². The van der Waals surface area contributed by atoms with Crippen LogP contribution in [0.2, 0.25) is 0 Å². The lowest BCUT2D eigenvalue weighted by Crippen LogP contribution is -2.15. The molecule has 0 aliphatic rings. The zero-order valence-electron chi connectivity index (χ0n) is 9.78. The summed E-state index contributed by atoms with van der Waals surface area (Å²) in [6.45, 7) is 3.41. The molecule has 0 amide bonds. The molecular weight excluding hydrogens is 244 g/mol. The molecule has 7 heteroatoms. The normalized spacial score (nSPS) is 14.1. The third kappa shape index (κ3) is 3.57. The van der Waals surface area contributed by atoms with Crippen LogP contribution in [0.5, 0.6) is 5.88 Å². The fourth-order valence-corrected chi connectivity index (χ4v) is 1.99. The van der Waals surface area contributed by atoms with Crippen LogP contribution in [0.4, 0.5) is 5.69 Å². The SMILES string of the molecule is COc1ccc([N+](=O)[O-])c(SC(C)C(C)O)n1. The van der Waals surface area contributed by atoms with Crippen LogP contribution in [0.1, 0.15) is 13.8 Å². The first-order chi connectivity index (χ1) is 7.95. The van der Waals surface area contributed by atoms with E-state index in [1.807, 2.05) is 0 Å². The Kier molecular flexibility index (Phi) is 4.71. The average Bonchev–Trinajstić information content (AvgIpc) is 2.28. The molecule has 0 fully saturated rings. The Bertz CT molecular complexity index is 411. The van der Waals surface area contributed by atoms with Crippen LogP contribution in [0.3, 0.4) is 0 Å². The second kappa shape index (κ2) is 5.83. The van der Waals surface area contributed by atoms with Crippen molar-refractivity contribution in [3.8, 4) is 5.88 Å². The van der Waals surface area contributed by atoms with Gasteiger partial charge in [-0.25, -0.2) is 0 Å². The molecule has 0 aliphatic heterocycles. The maximum Gasteiger partial charge on any atom is 0.301 e.